The van der Waals surface area contributed by atoms with Crippen LogP contribution >= 0.6 is 0 Å². The van der Waals surface area contributed by atoms with Crippen LogP contribution in [0.3, 0.4) is 0 Å². The van der Waals surface area contributed by atoms with E-state index in [0.717, 1.165) is 28.9 Å². The van der Waals surface area contributed by atoms with Crippen LogP contribution in [-0.2, 0) is 4.79 Å². The molecule has 2 aromatic carbocycles. The summed E-state index contributed by atoms with van der Waals surface area (Å²) >= 11 is 0. The molecule has 0 saturated heterocycles. The molecule has 1 N–H and O–H groups in total. The molecule has 0 aliphatic rings. The number of hydrogen-bond acceptors (Lipinski definition) is 4. The number of ether oxygens (including phenoxy) is 3. The van der Waals surface area contributed by atoms with E-state index in [0.29, 0.717) is 17.9 Å². The van der Waals surface area contributed by atoms with Crippen LogP contribution in [0.2, 0.25) is 0 Å². The number of rotatable bonds is 9. The van der Waals surface area contributed by atoms with Crippen LogP contribution in [-0.4, -0.2) is 26.2 Å². The van der Waals surface area contributed by atoms with Crippen molar-refractivity contribution in [3.63, 3.8) is 0 Å². The second-order valence-electron chi connectivity index (χ2n) is 6.92. The first-order valence-corrected chi connectivity index (χ1v) is 9.69. The highest BCUT2D eigenvalue weighted by Crippen LogP contribution is 2.31. The Hall–Kier alpha value is -2.69. The average molecular weight is 386 g/mol. The molecule has 0 aliphatic heterocycles. The van der Waals surface area contributed by atoms with E-state index in [1.54, 1.807) is 14.2 Å². The Kier molecular flexibility index (Phi) is 7.73. The summed E-state index contributed by atoms with van der Waals surface area (Å²) in [6.45, 7) is 8.02. The quantitative estimate of drug-likeness (QED) is 0.677. The maximum atomic E-state index is 12.9. The van der Waals surface area contributed by atoms with Gasteiger partial charge < -0.3 is 19.5 Å². The molecule has 0 unspecified atom stereocenters. The summed E-state index contributed by atoms with van der Waals surface area (Å²) in [6, 6.07) is 11.6. The van der Waals surface area contributed by atoms with Gasteiger partial charge in [-0.05, 0) is 67.6 Å². The van der Waals surface area contributed by atoms with Gasteiger partial charge in [-0.25, -0.2) is 0 Å². The lowest BCUT2D eigenvalue weighted by Crippen LogP contribution is -2.40. The summed E-state index contributed by atoms with van der Waals surface area (Å²) in [5.74, 6) is 1.91. The minimum atomic E-state index is -0.546. The molecule has 0 fully saturated rings. The number of aryl methyl sites for hydroxylation is 2. The Morgan fingerprint density at radius 1 is 0.929 bits per heavy atom. The molecule has 152 valence electrons. The number of carbonyl (C=O) groups excluding carboxylic acids is 1. The van der Waals surface area contributed by atoms with Gasteiger partial charge in [-0.1, -0.05) is 26.0 Å². The Labute approximate surface area is 168 Å². The van der Waals surface area contributed by atoms with Crippen molar-refractivity contribution in [2.75, 3.05) is 14.2 Å². The van der Waals surface area contributed by atoms with Gasteiger partial charge in [0.2, 0.25) is 0 Å². The predicted octanol–water partition coefficient (Wildman–Crippen LogP) is 4.75. The zero-order chi connectivity index (χ0) is 20.7. The molecule has 0 aromatic heterocycles. The number of nitrogens with one attached hydrogen (secondary N) is 1. The summed E-state index contributed by atoms with van der Waals surface area (Å²) in [6.07, 6.45) is 0.790. The smallest absolute Gasteiger partial charge is 0.261 e. The molecule has 2 aromatic rings. The average Bonchev–Trinajstić information content (AvgIpc) is 2.68. The third-order valence-corrected chi connectivity index (χ3v) is 4.67. The second kappa shape index (κ2) is 10.0. The minimum absolute atomic E-state index is 0.122. The van der Waals surface area contributed by atoms with Crippen LogP contribution in [0, 0.1) is 13.8 Å². The minimum Gasteiger partial charge on any atom is -0.493 e. The van der Waals surface area contributed by atoms with Gasteiger partial charge in [0, 0.05) is 0 Å². The Bertz CT molecular complexity index is 783. The summed E-state index contributed by atoms with van der Waals surface area (Å²) < 4.78 is 16.7. The normalized spacial score (nSPS) is 12.8. The number of methoxy groups -OCH3 is 2. The largest absolute Gasteiger partial charge is 0.493 e. The predicted molar refractivity (Wildman–Crippen MR) is 111 cm³/mol. The first-order valence-electron chi connectivity index (χ1n) is 9.69. The highest BCUT2D eigenvalue weighted by atomic mass is 16.5. The van der Waals surface area contributed by atoms with Crippen molar-refractivity contribution in [3.8, 4) is 17.2 Å². The fraction of sp³-hybridized carbons (Fsp3) is 0.435. The van der Waals surface area contributed by atoms with Crippen LogP contribution in [0.5, 0.6) is 17.2 Å². The van der Waals surface area contributed by atoms with Crippen molar-refractivity contribution < 1.29 is 19.0 Å². The van der Waals surface area contributed by atoms with E-state index in [2.05, 4.69) is 11.4 Å². The summed E-state index contributed by atoms with van der Waals surface area (Å²) in [5.41, 5.74) is 3.19. The third kappa shape index (κ3) is 5.41. The molecule has 0 bridgehead atoms. The Morgan fingerprint density at radius 2 is 1.57 bits per heavy atom. The highest BCUT2D eigenvalue weighted by molar-refractivity contribution is 5.81. The van der Waals surface area contributed by atoms with E-state index in [1.807, 2.05) is 58.0 Å². The lowest BCUT2D eigenvalue weighted by molar-refractivity contribution is -0.129. The summed E-state index contributed by atoms with van der Waals surface area (Å²) in [5, 5.41) is 3.11. The van der Waals surface area contributed by atoms with Crippen molar-refractivity contribution in [2.45, 2.75) is 52.7 Å². The second-order valence-corrected chi connectivity index (χ2v) is 6.92. The van der Waals surface area contributed by atoms with Gasteiger partial charge in [-0.15, -0.1) is 0 Å². The molecular weight excluding hydrogens is 354 g/mol. The van der Waals surface area contributed by atoms with Gasteiger partial charge in [0.25, 0.3) is 5.91 Å². The van der Waals surface area contributed by atoms with E-state index in [1.165, 1.54) is 0 Å². The van der Waals surface area contributed by atoms with E-state index in [4.69, 9.17) is 14.2 Å². The molecule has 5 heteroatoms. The third-order valence-electron chi connectivity index (χ3n) is 4.67. The molecule has 0 saturated carbocycles. The molecule has 1 amide bonds. The molecule has 0 radical (unpaired) electrons. The van der Waals surface area contributed by atoms with Crippen LogP contribution in [0.25, 0.3) is 0 Å². The van der Waals surface area contributed by atoms with Gasteiger partial charge in [-0.3, -0.25) is 4.79 Å². The first kappa shape index (κ1) is 21.6. The molecule has 2 rings (SSSR count). The van der Waals surface area contributed by atoms with E-state index < -0.39 is 6.10 Å². The molecule has 0 heterocycles. The monoisotopic (exact) mass is 385 g/mol. The van der Waals surface area contributed by atoms with E-state index in [9.17, 15) is 4.79 Å². The molecule has 5 nitrogen and oxygen atoms in total. The van der Waals surface area contributed by atoms with Gasteiger partial charge in [0.15, 0.2) is 17.6 Å². The highest BCUT2D eigenvalue weighted by Gasteiger charge is 2.23. The lowest BCUT2D eigenvalue weighted by Gasteiger charge is -2.23. The number of amides is 1. The van der Waals surface area contributed by atoms with Crippen LogP contribution in [0.4, 0.5) is 0 Å². The summed E-state index contributed by atoms with van der Waals surface area (Å²) in [4.78, 5) is 12.9. The van der Waals surface area contributed by atoms with Crippen LogP contribution in [0.15, 0.2) is 36.4 Å². The lowest BCUT2D eigenvalue weighted by atomic mass is 10.0. The number of carbonyl (C=O) groups is 1. The molecule has 2 atom stereocenters. The maximum absolute atomic E-state index is 12.9. The first-order chi connectivity index (χ1) is 13.4. The number of benzene rings is 2. The Morgan fingerprint density at radius 3 is 2.11 bits per heavy atom. The van der Waals surface area contributed by atoms with Crippen molar-refractivity contribution in [3.05, 3.63) is 53.1 Å². The van der Waals surface area contributed by atoms with Gasteiger partial charge in [0.1, 0.15) is 5.75 Å². The zero-order valence-electron chi connectivity index (χ0n) is 17.7. The topological polar surface area (TPSA) is 56.8 Å². The van der Waals surface area contributed by atoms with Crippen molar-refractivity contribution in [2.24, 2.45) is 0 Å². The fourth-order valence-electron chi connectivity index (χ4n) is 3.24. The fourth-order valence-corrected chi connectivity index (χ4v) is 3.24. The van der Waals surface area contributed by atoms with Crippen molar-refractivity contribution in [1.82, 2.24) is 5.32 Å². The standard InChI is InChI=1S/C23H31NO4/c1-7-19(17-9-10-21(26-5)22(14-17)27-6)24-23(25)20(8-2)28-18-12-15(3)11-16(4)13-18/h9-14,19-20H,7-8H2,1-6H3,(H,24,25)/t19-,20-/m1/s1. The molecule has 28 heavy (non-hydrogen) atoms. The SMILES string of the molecule is CC[C@@H](Oc1cc(C)cc(C)c1)C(=O)N[C@H](CC)c1ccc(OC)c(OC)c1. The Balaban J connectivity index is 2.15. The summed E-state index contributed by atoms with van der Waals surface area (Å²) in [7, 11) is 3.21. The van der Waals surface area contributed by atoms with Crippen molar-refractivity contribution in [1.29, 1.82) is 0 Å². The zero-order valence-corrected chi connectivity index (χ0v) is 17.7. The molecule has 0 aliphatic carbocycles. The van der Waals surface area contributed by atoms with E-state index >= 15 is 0 Å². The van der Waals surface area contributed by atoms with E-state index in [-0.39, 0.29) is 11.9 Å². The molecular formula is C23H31NO4. The van der Waals surface area contributed by atoms with Crippen molar-refractivity contribution >= 4 is 5.91 Å². The van der Waals surface area contributed by atoms with Gasteiger partial charge >= 0.3 is 0 Å². The number of hydrogen-bond donors (Lipinski definition) is 1. The van der Waals surface area contributed by atoms with Gasteiger partial charge in [-0.2, -0.15) is 0 Å². The maximum Gasteiger partial charge on any atom is 0.261 e. The van der Waals surface area contributed by atoms with Crippen LogP contribution < -0.4 is 19.5 Å². The molecule has 0 spiro atoms. The van der Waals surface area contributed by atoms with Crippen LogP contribution in [0.1, 0.15) is 49.4 Å². The van der Waals surface area contributed by atoms with Gasteiger partial charge in [0.05, 0.1) is 20.3 Å².